The number of pyridine rings is 1. The van der Waals surface area contributed by atoms with Crippen LogP contribution in [0.4, 0.5) is 10.5 Å². The predicted octanol–water partition coefficient (Wildman–Crippen LogP) is 3.91. The molecule has 1 atom stereocenters. The van der Waals surface area contributed by atoms with Crippen molar-refractivity contribution in [1.82, 2.24) is 14.9 Å². The average Bonchev–Trinajstić information content (AvgIpc) is 3.02. The number of anilines is 1. The molecule has 0 aliphatic heterocycles. The van der Waals surface area contributed by atoms with E-state index < -0.39 is 5.76 Å². The summed E-state index contributed by atoms with van der Waals surface area (Å²) in [6.45, 7) is 2.13. The molecule has 7 nitrogen and oxygen atoms in total. The minimum atomic E-state index is -0.517. The van der Waals surface area contributed by atoms with E-state index in [4.69, 9.17) is 4.42 Å². The lowest BCUT2D eigenvalue weighted by Gasteiger charge is -2.28. The number of carbonyl (C=O) groups excluding carboxylic acids is 1. The molecule has 2 amide bonds. The fourth-order valence-electron chi connectivity index (χ4n) is 2.93. The monoisotopic (exact) mass is 354 g/mol. The number of oxazole rings is 1. The third-order valence-corrected chi connectivity index (χ3v) is 4.36. The molecule has 2 heterocycles. The molecular formula is C19H22N4O3. The normalized spacial score (nSPS) is 12.1. The topological polar surface area (TPSA) is 91.2 Å². The van der Waals surface area contributed by atoms with Gasteiger partial charge in [-0.2, -0.15) is 0 Å². The van der Waals surface area contributed by atoms with E-state index >= 15 is 0 Å². The molecular weight excluding hydrogens is 332 g/mol. The van der Waals surface area contributed by atoms with Crippen LogP contribution in [0.3, 0.4) is 0 Å². The number of nitrogens with one attached hydrogen (secondary N) is 2. The molecule has 0 saturated heterocycles. The summed E-state index contributed by atoms with van der Waals surface area (Å²) in [5.74, 6) is -0.517. The number of rotatable bonds is 6. The number of amides is 2. The molecule has 0 fully saturated rings. The van der Waals surface area contributed by atoms with Gasteiger partial charge in [0.1, 0.15) is 0 Å². The summed E-state index contributed by atoms with van der Waals surface area (Å²) >= 11 is 0. The highest BCUT2D eigenvalue weighted by Gasteiger charge is 2.21. The van der Waals surface area contributed by atoms with Crippen molar-refractivity contribution in [2.75, 3.05) is 12.4 Å². The minimum Gasteiger partial charge on any atom is -0.408 e. The molecule has 3 aromatic rings. The second-order valence-electron chi connectivity index (χ2n) is 6.21. The first-order chi connectivity index (χ1) is 12.6. The molecule has 1 unspecified atom stereocenters. The van der Waals surface area contributed by atoms with Crippen molar-refractivity contribution in [2.45, 2.75) is 32.2 Å². The van der Waals surface area contributed by atoms with Gasteiger partial charge < -0.3 is 14.6 Å². The maximum atomic E-state index is 12.7. The van der Waals surface area contributed by atoms with Crippen LogP contribution in [0, 0.1) is 0 Å². The van der Waals surface area contributed by atoms with E-state index in [0.717, 1.165) is 24.8 Å². The third kappa shape index (κ3) is 3.93. The highest BCUT2D eigenvalue weighted by atomic mass is 16.4. The lowest BCUT2D eigenvalue weighted by molar-refractivity contribution is 0.200. The first-order valence-corrected chi connectivity index (χ1v) is 8.65. The number of H-pyrrole nitrogens is 1. The maximum Gasteiger partial charge on any atom is 0.417 e. The Morgan fingerprint density at radius 3 is 2.96 bits per heavy atom. The van der Waals surface area contributed by atoms with Crippen molar-refractivity contribution >= 4 is 22.8 Å². The molecule has 0 radical (unpaired) electrons. The van der Waals surface area contributed by atoms with Gasteiger partial charge in [0.05, 0.1) is 11.6 Å². The predicted molar refractivity (Wildman–Crippen MR) is 100 cm³/mol. The van der Waals surface area contributed by atoms with Crippen LogP contribution in [0.25, 0.3) is 11.1 Å². The lowest BCUT2D eigenvalue weighted by atomic mass is 10.0. The van der Waals surface area contributed by atoms with Gasteiger partial charge in [-0.05, 0) is 30.2 Å². The van der Waals surface area contributed by atoms with Crippen LogP contribution >= 0.6 is 0 Å². The first-order valence-electron chi connectivity index (χ1n) is 8.65. The van der Waals surface area contributed by atoms with Gasteiger partial charge in [0, 0.05) is 31.2 Å². The molecule has 26 heavy (non-hydrogen) atoms. The van der Waals surface area contributed by atoms with E-state index in [1.54, 1.807) is 42.5 Å². The smallest absolute Gasteiger partial charge is 0.408 e. The highest BCUT2D eigenvalue weighted by Crippen LogP contribution is 2.26. The van der Waals surface area contributed by atoms with E-state index in [-0.39, 0.29) is 12.1 Å². The van der Waals surface area contributed by atoms with Crippen molar-refractivity contribution in [3.63, 3.8) is 0 Å². The number of nitrogens with zero attached hydrogens (tertiary/aromatic N) is 2. The maximum absolute atomic E-state index is 12.7. The number of hydrogen-bond donors (Lipinski definition) is 2. The quantitative estimate of drug-likeness (QED) is 0.702. The Balaban J connectivity index is 1.77. The van der Waals surface area contributed by atoms with Gasteiger partial charge in [-0.25, -0.2) is 9.59 Å². The molecule has 7 heteroatoms. The number of unbranched alkanes of at least 4 members (excludes halogenated alkanes) is 1. The van der Waals surface area contributed by atoms with Gasteiger partial charge in [-0.15, -0.1) is 0 Å². The second kappa shape index (κ2) is 7.86. The Hall–Kier alpha value is -3.09. The summed E-state index contributed by atoms with van der Waals surface area (Å²) in [5.41, 5.74) is 2.57. The Morgan fingerprint density at radius 2 is 2.23 bits per heavy atom. The van der Waals surface area contributed by atoms with E-state index in [0.29, 0.717) is 16.8 Å². The van der Waals surface area contributed by atoms with E-state index in [1.807, 2.05) is 12.1 Å². The third-order valence-electron chi connectivity index (χ3n) is 4.36. The number of hydrogen-bond acceptors (Lipinski definition) is 4. The van der Waals surface area contributed by atoms with E-state index in [9.17, 15) is 9.59 Å². The molecule has 0 bridgehead atoms. The molecule has 0 aliphatic rings. The summed E-state index contributed by atoms with van der Waals surface area (Å²) in [5, 5.41) is 2.86. The summed E-state index contributed by atoms with van der Waals surface area (Å²) in [7, 11) is 1.78. The number of aromatic nitrogens is 2. The number of fused-ring (bicyclic) bond motifs is 1. The van der Waals surface area contributed by atoms with Gasteiger partial charge in [-0.3, -0.25) is 9.97 Å². The molecule has 0 spiro atoms. The minimum absolute atomic E-state index is 0.0578. The van der Waals surface area contributed by atoms with Crippen LogP contribution in [0.15, 0.2) is 51.9 Å². The molecule has 2 aromatic heterocycles. The largest absolute Gasteiger partial charge is 0.417 e. The SMILES string of the molecule is CCCCC(c1cccnc1)N(C)C(=O)Nc1ccc2[nH]c(=O)oc2c1. The van der Waals surface area contributed by atoms with E-state index in [2.05, 4.69) is 22.2 Å². The van der Waals surface area contributed by atoms with Gasteiger partial charge in [0.15, 0.2) is 5.58 Å². The van der Waals surface area contributed by atoms with Crippen molar-refractivity contribution < 1.29 is 9.21 Å². The number of aromatic amines is 1. The van der Waals surface area contributed by atoms with Crippen molar-refractivity contribution in [2.24, 2.45) is 0 Å². The van der Waals surface area contributed by atoms with Crippen LogP contribution in [0.5, 0.6) is 0 Å². The summed E-state index contributed by atoms with van der Waals surface area (Å²) in [6, 6.07) is 8.63. The van der Waals surface area contributed by atoms with Gasteiger partial charge in [0.2, 0.25) is 0 Å². The molecule has 1 aromatic carbocycles. The Labute approximate surface area is 151 Å². The second-order valence-corrected chi connectivity index (χ2v) is 6.21. The first kappa shape index (κ1) is 17.7. The summed E-state index contributed by atoms with van der Waals surface area (Å²) in [4.78, 5) is 32.4. The standard InChI is InChI=1S/C19H22N4O3/c1-3-4-7-16(13-6-5-10-20-12-13)23(2)18(24)21-14-8-9-15-17(11-14)26-19(25)22-15/h5-6,8-12,16H,3-4,7H2,1-2H3,(H,21,24)(H,22,25). The zero-order chi connectivity index (χ0) is 18.5. The Bertz CT molecular complexity index is 933. The van der Waals surface area contributed by atoms with Crippen LogP contribution in [0.2, 0.25) is 0 Å². The lowest BCUT2D eigenvalue weighted by Crippen LogP contribution is -2.35. The van der Waals surface area contributed by atoms with Crippen LogP contribution in [-0.2, 0) is 0 Å². The van der Waals surface area contributed by atoms with Gasteiger partial charge >= 0.3 is 11.8 Å². The number of benzene rings is 1. The van der Waals surface area contributed by atoms with Crippen molar-refractivity contribution in [3.8, 4) is 0 Å². The van der Waals surface area contributed by atoms with Crippen LogP contribution < -0.4 is 11.1 Å². The van der Waals surface area contributed by atoms with Crippen molar-refractivity contribution in [1.29, 1.82) is 0 Å². The molecule has 3 rings (SSSR count). The highest BCUT2D eigenvalue weighted by molar-refractivity contribution is 5.91. The van der Waals surface area contributed by atoms with E-state index in [1.165, 1.54) is 0 Å². The molecule has 2 N–H and O–H groups in total. The molecule has 136 valence electrons. The van der Waals surface area contributed by atoms with Crippen LogP contribution in [0.1, 0.15) is 37.8 Å². The van der Waals surface area contributed by atoms with Gasteiger partial charge in [-0.1, -0.05) is 25.8 Å². The number of urea groups is 1. The zero-order valence-electron chi connectivity index (χ0n) is 14.9. The fraction of sp³-hybridized carbons (Fsp3) is 0.316. The van der Waals surface area contributed by atoms with Gasteiger partial charge in [0.25, 0.3) is 0 Å². The summed E-state index contributed by atoms with van der Waals surface area (Å²) in [6.07, 6.45) is 6.44. The Morgan fingerprint density at radius 1 is 1.38 bits per heavy atom. The molecule has 0 saturated carbocycles. The fourth-order valence-corrected chi connectivity index (χ4v) is 2.93. The average molecular weight is 354 g/mol. The zero-order valence-corrected chi connectivity index (χ0v) is 14.9. The number of carbonyl (C=O) groups is 1. The molecule has 0 aliphatic carbocycles. The summed E-state index contributed by atoms with van der Waals surface area (Å²) < 4.78 is 5.04. The Kier molecular flexibility index (Phi) is 5.36. The van der Waals surface area contributed by atoms with Crippen molar-refractivity contribution in [3.05, 3.63) is 58.8 Å². The van der Waals surface area contributed by atoms with Crippen LogP contribution in [-0.4, -0.2) is 27.9 Å².